The van der Waals surface area contributed by atoms with Crippen molar-refractivity contribution in [1.82, 2.24) is 5.43 Å². The van der Waals surface area contributed by atoms with E-state index < -0.39 is 12.3 Å². The van der Waals surface area contributed by atoms with Crippen molar-refractivity contribution < 1.29 is 27.8 Å². The summed E-state index contributed by atoms with van der Waals surface area (Å²) in [6.07, 6.45) is -3.42. The normalized spacial score (nSPS) is 11.5. The first-order valence-electron chi connectivity index (χ1n) is 6.77. The molecule has 0 aliphatic heterocycles. The van der Waals surface area contributed by atoms with E-state index in [9.17, 15) is 23.1 Å². The highest BCUT2D eigenvalue weighted by molar-refractivity contribution is 5.83. The molecule has 2 aromatic rings. The number of phenols is 1. The van der Waals surface area contributed by atoms with E-state index in [1.165, 1.54) is 30.5 Å². The molecule has 8 heteroatoms. The topological polar surface area (TPSA) is 70.9 Å². The Kier molecular flexibility index (Phi) is 5.41. The molecule has 1 amide bonds. The van der Waals surface area contributed by atoms with Crippen molar-refractivity contribution in [1.29, 1.82) is 0 Å². The molecular weight excluding hydrogens is 325 g/mol. The minimum Gasteiger partial charge on any atom is -0.508 e. The van der Waals surface area contributed by atoms with Crippen LogP contribution in [0.2, 0.25) is 0 Å². The number of carbonyl (C=O) groups is 1. The fourth-order valence-corrected chi connectivity index (χ4v) is 1.83. The summed E-state index contributed by atoms with van der Waals surface area (Å²) in [5.41, 5.74) is 3.40. The molecule has 0 saturated carbocycles. The van der Waals surface area contributed by atoms with E-state index in [1.54, 1.807) is 12.1 Å². The maximum absolute atomic E-state index is 12.0. The summed E-state index contributed by atoms with van der Waals surface area (Å²) in [5.74, 6) is -0.675. The van der Waals surface area contributed by atoms with Gasteiger partial charge in [-0.15, -0.1) is 13.2 Å². The van der Waals surface area contributed by atoms with Crippen LogP contribution < -0.4 is 10.2 Å². The minimum atomic E-state index is -4.74. The molecule has 126 valence electrons. The molecule has 0 spiro atoms. The van der Waals surface area contributed by atoms with E-state index in [-0.39, 0.29) is 17.9 Å². The summed E-state index contributed by atoms with van der Waals surface area (Å²) in [7, 11) is 0. The lowest BCUT2D eigenvalue weighted by molar-refractivity contribution is -0.274. The van der Waals surface area contributed by atoms with E-state index in [2.05, 4.69) is 15.3 Å². The number of aromatic hydroxyl groups is 1. The third kappa shape index (κ3) is 5.99. The summed E-state index contributed by atoms with van der Waals surface area (Å²) >= 11 is 0. The molecule has 2 rings (SSSR count). The molecule has 0 aliphatic rings. The number of rotatable bonds is 5. The monoisotopic (exact) mass is 338 g/mol. The molecular formula is C16H13F3N2O3. The molecule has 0 bridgehead atoms. The van der Waals surface area contributed by atoms with E-state index >= 15 is 0 Å². The lowest BCUT2D eigenvalue weighted by Crippen LogP contribution is -2.19. The lowest BCUT2D eigenvalue weighted by Gasteiger charge is -2.08. The number of phenolic OH excluding ortho intramolecular Hbond substituents is 1. The highest BCUT2D eigenvalue weighted by Gasteiger charge is 2.30. The number of carbonyl (C=O) groups excluding carboxylic acids is 1. The molecule has 0 unspecified atom stereocenters. The number of hydrazone groups is 1. The van der Waals surface area contributed by atoms with Crippen LogP contribution in [-0.2, 0) is 11.2 Å². The lowest BCUT2D eigenvalue weighted by atomic mass is 10.1. The summed E-state index contributed by atoms with van der Waals surface area (Å²) in [5, 5.41) is 13.0. The number of benzene rings is 2. The van der Waals surface area contributed by atoms with Gasteiger partial charge in [0.25, 0.3) is 0 Å². The van der Waals surface area contributed by atoms with Gasteiger partial charge in [-0.25, -0.2) is 5.43 Å². The first-order chi connectivity index (χ1) is 11.3. The van der Waals surface area contributed by atoms with Crippen molar-refractivity contribution >= 4 is 12.1 Å². The van der Waals surface area contributed by atoms with Crippen LogP contribution in [0.3, 0.4) is 0 Å². The molecule has 0 fully saturated rings. The van der Waals surface area contributed by atoms with Gasteiger partial charge in [0.05, 0.1) is 12.6 Å². The molecule has 24 heavy (non-hydrogen) atoms. The number of halogens is 3. The van der Waals surface area contributed by atoms with Gasteiger partial charge in [-0.05, 0) is 47.5 Å². The van der Waals surface area contributed by atoms with Gasteiger partial charge < -0.3 is 9.84 Å². The van der Waals surface area contributed by atoms with Gasteiger partial charge in [0.1, 0.15) is 11.5 Å². The zero-order chi connectivity index (χ0) is 17.6. The van der Waals surface area contributed by atoms with E-state index in [1.807, 2.05) is 0 Å². The quantitative estimate of drug-likeness (QED) is 0.650. The number of hydrogen-bond acceptors (Lipinski definition) is 4. The summed E-state index contributed by atoms with van der Waals surface area (Å²) in [4.78, 5) is 11.7. The van der Waals surface area contributed by atoms with Gasteiger partial charge in [-0.3, -0.25) is 4.79 Å². The fraction of sp³-hybridized carbons (Fsp3) is 0.125. The smallest absolute Gasteiger partial charge is 0.508 e. The number of alkyl halides is 3. The van der Waals surface area contributed by atoms with Crippen LogP contribution in [0.25, 0.3) is 0 Å². The second kappa shape index (κ2) is 7.49. The summed E-state index contributed by atoms with van der Waals surface area (Å²) < 4.78 is 39.8. The van der Waals surface area contributed by atoms with Crippen LogP contribution in [0.4, 0.5) is 13.2 Å². The van der Waals surface area contributed by atoms with Crippen molar-refractivity contribution in [2.45, 2.75) is 12.8 Å². The van der Waals surface area contributed by atoms with Gasteiger partial charge in [-0.1, -0.05) is 12.1 Å². The molecule has 0 saturated heterocycles. The maximum Gasteiger partial charge on any atom is 0.573 e. The van der Waals surface area contributed by atoms with Crippen LogP contribution >= 0.6 is 0 Å². The highest BCUT2D eigenvalue weighted by Crippen LogP contribution is 2.22. The summed E-state index contributed by atoms with van der Waals surface area (Å²) in [6.45, 7) is 0. The maximum atomic E-state index is 12.0. The standard InChI is InChI=1S/C16H13F3N2O3/c17-16(18,19)24-14-6-4-11(5-7-14)10-20-21-15(23)9-12-2-1-3-13(22)8-12/h1-8,10,22H,9H2,(H,21,23)/b20-10+. The molecule has 2 aromatic carbocycles. The molecule has 5 nitrogen and oxygen atoms in total. The Morgan fingerprint density at radius 1 is 1.21 bits per heavy atom. The Bertz CT molecular complexity index is 728. The molecule has 0 atom stereocenters. The first kappa shape index (κ1) is 17.3. The SMILES string of the molecule is O=C(Cc1cccc(O)c1)N/N=C/c1ccc(OC(F)(F)F)cc1. The minimum absolute atomic E-state index is 0.0318. The number of nitrogens with one attached hydrogen (secondary N) is 1. The van der Waals surface area contributed by atoms with Crippen molar-refractivity contribution in [3.05, 3.63) is 59.7 Å². The average Bonchev–Trinajstić information content (AvgIpc) is 2.47. The Morgan fingerprint density at radius 3 is 2.54 bits per heavy atom. The number of nitrogens with zero attached hydrogens (tertiary/aromatic N) is 1. The predicted molar refractivity (Wildman–Crippen MR) is 80.7 cm³/mol. The number of ether oxygens (including phenoxy) is 1. The van der Waals surface area contributed by atoms with Crippen molar-refractivity contribution in [3.8, 4) is 11.5 Å². The second-order valence-electron chi connectivity index (χ2n) is 4.76. The molecule has 0 radical (unpaired) electrons. The third-order valence-electron chi connectivity index (χ3n) is 2.79. The summed E-state index contributed by atoms with van der Waals surface area (Å²) in [6, 6.07) is 11.3. The zero-order valence-corrected chi connectivity index (χ0v) is 12.2. The van der Waals surface area contributed by atoms with Gasteiger partial charge >= 0.3 is 6.36 Å². The van der Waals surface area contributed by atoms with Gasteiger partial charge in [0.15, 0.2) is 0 Å². The number of hydrogen-bond donors (Lipinski definition) is 2. The average molecular weight is 338 g/mol. The highest BCUT2D eigenvalue weighted by atomic mass is 19.4. The molecule has 0 aromatic heterocycles. The zero-order valence-electron chi connectivity index (χ0n) is 12.2. The van der Waals surface area contributed by atoms with E-state index in [4.69, 9.17) is 0 Å². The first-order valence-corrected chi connectivity index (χ1v) is 6.77. The van der Waals surface area contributed by atoms with Crippen LogP contribution in [0, 0.1) is 0 Å². The largest absolute Gasteiger partial charge is 0.573 e. The van der Waals surface area contributed by atoms with Crippen LogP contribution in [0.15, 0.2) is 53.6 Å². The van der Waals surface area contributed by atoms with Crippen LogP contribution in [0.1, 0.15) is 11.1 Å². The van der Waals surface area contributed by atoms with Gasteiger partial charge in [0.2, 0.25) is 5.91 Å². The Labute approximate surface area is 135 Å². The Balaban J connectivity index is 1.86. The number of amides is 1. The predicted octanol–water partition coefficient (Wildman–Crippen LogP) is 2.98. The molecule has 0 aliphatic carbocycles. The van der Waals surface area contributed by atoms with Gasteiger partial charge in [-0.2, -0.15) is 5.10 Å². The third-order valence-corrected chi connectivity index (χ3v) is 2.79. The molecule has 0 heterocycles. The van der Waals surface area contributed by atoms with Crippen molar-refractivity contribution in [2.75, 3.05) is 0 Å². The van der Waals surface area contributed by atoms with E-state index in [0.29, 0.717) is 11.1 Å². The van der Waals surface area contributed by atoms with Crippen LogP contribution in [0.5, 0.6) is 11.5 Å². The van der Waals surface area contributed by atoms with Crippen LogP contribution in [-0.4, -0.2) is 23.6 Å². The van der Waals surface area contributed by atoms with Gasteiger partial charge in [0, 0.05) is 0 Å². The fourth-order valence-electron chi connectivity index (χ4n) is 1.83. The Hall–Kier alpha value is -3.03. The van der Waals surface area contributed by atoms with Crippen molar-refractivity contribution in [2.24, 2.45) is 5.10 Å². The Morgan fingerprint density at radius 2 is 1.92 bits per heavy atom. The second-order valence-corrected chi connectivity index (χ2v) is 4.76. The van der Waals surface area contributed by atoms with Crippen molar-refractivity contribution in [3.63, 3.8) is 0 Å². The molecule has 2 N–H and O–H groups in total. The van der Waals surface area contributed by atoms with E-state index in [0.717, 1.165) is 12.1 Å².